The van der Waals surface area contributed by atoms with Crippen molar-refractivity contribution in [3.8, 4) is 0 Å². The van der Waals surface area contributed by atoms with Gasteiger partial charge < -0.3 is 10.6 Å². The van der Waals surface area contributed by atoms with Gasteiger partial charge >= 0.3 is 0 Å². The van der Waals surface area contributed by atoms with Crippen LogP contribution in [0.5, 0.6) is 0 Å². The van der Waals surface area contributed by atoms with E-state index in [1.54, 1.807) is 0 Å². The van der Waals surface area contributed by atoms with Crippen LogP contribution >= 0.6 is 12.2 Å². The number of hydrogen-bond donors (Lipinski definition) is 1. The van der Waals surface area contributed by atoms with Gasteiger partial charge in [-0.15, -0.1) is 0 Å². The first-order valence-electron chi connectivity index (χ1n) is 7.60. The van der Waals surface area contributed by atoms with E-state index < -0.39 is 0 Å². The molecule has 0 heterocycles. The molecule has 0 atom stereocenters. The van der Waals surface area contributed by atoms with E-state index in [0.29, 0.717) is 17.4 Å². The van der Waals surface area contributed by atoms with Crippen LogP contribution in [0.25, 0.3) is 0 Å². The normalized spacial score (nSPS) is 39.3. The zero-order valence-corrected chi connectivity index (χ0v) is 12.5. The van der Waals surface area contributed by atoms with Crippen LogP contribution in [0.3, 0.4) is 0 Å². The van der Waals surface area contributed by atoms with Gasteiger partial charge in [0.2, 0.25) is 5.91 Å². The molecule has 4 heteroatoms. The molecule has 0 spiro atoms. The number of carbonyl (C=O) groups is 1. The zero-order chi connectivity index (χ0) is 13.6. The zero-order valence-electron chi connectivity index (χ0n) is 11.7. The van der Waals surface area contributed by atoms with Crippen molar-refractivity contribution in [2.45, 2.75) is 45.4 Å². The number of hydrogen-bond acceptors (Lipinski definition) is 2. The first kappa shape index (κ1) is 13.3. The van der Waals surface area contributed by atoms with E-state index in [-0.39, 0.29) is 5.41 Å². The topological polar surface area (TPSA) is 46.3 Å². The van der Waals surface area contributed by atoms with Crippen LogP contribution in [0.4, 0.5) is 0 Å². The lowest BCUT2D eigenvalue weighted by Crippen LogP contribution is -2.55. The van der Waals surface area contributed by atoms with Crippen molar-refractivity contribution < 1.29 is 4.79 Å². The fourth-order valence-electron chi connectivity index (χ4n) is 5.22. The van der Waals surface area contributed by atoms with Gasteiger partial charge in [-0.3, -0.25) is 4.79 Å². The summed E-state index contributed by atoms with van der Waals surface area (Å²) in [7, 11) is 0. The summed E-state index contributed by atoms with van der Waals surface area (Å²) in [4.78, 5) is 15.3. The number of likely N-dealkylation sites (N-methyl/N-ethyl adjacent to an activating group) is 1. The van der Waals surface area contributed by atoms with Crippen molar-refractivity contribution >= 4 is 23.1 Å². The Balaban J connectivity index is 1.80. The largest absolute Gasteiger partial charge is 0.392 e. The molecule has 0 aromatic rings. The van der Waals surface area contributed by atoms with E-state index in [4.69, 9.17) is 18.0 Å². The van der Waals surface area contributed by atoms with Crippen LogP contribution in [-0.4, -0.2) is 28.9 Å². The molecule has 4 rings (SSSR count). The summed E-state index contributed by atoms with van der Waals surface area (Å²) in [6.07, 6.45) is 7.46. The standard InChI is InChI=1S/C15H24N2OS/c1-2-17(9-13(16)19)14(18)15-6-10-3-11(7-15)5-12(4-10)8-15/h10-12H,2-9H2,1H3,(H2,16,19). The fraction of sp³-hybridized carbons (Fsp3) is 0.867. The van der Waals surface area contributed by atoms with Crippen LogP contribution in [0.15, 0.2) is 0 Å². The number of nitrogens with zero attached hydrogens (tertiary/aromatic N) is 1. The highest BCUT2D eigenvalue weighted by atomic mass is 32.1. The molecule has 4 bridgehead atoms. The molecule has 2 N–H and O–H groups in total. The molecule has 4 aliphatic rings. The lowest BCUT2D eigenvalue weighted by molar-refractivity contribution is -0.156. The third-order valence-electron chi connectivity index (χ3n) is 5.51. The van der Waals surface area contributed by atoms with E-state index in [2.05, 4.69) is 0 Å². The first-order chi connectivity index (χ1) is 9.02. The summed E-state index contributed by atoms with van der Waals surface area (Å²) in [5.74, 6) is 2.75. The SMILES string of the molecule is CCN(CC(N)=S)C(=O)C12CC3CC(CC(C3)C1)C2. The molecule has 4 aliphatic carbocycles. The molecular formula is C15H24N2OS. The third-order valence-corrected chi connectivity index (χ3v) is 5.64. The molecular weight excluding hydrogens is 256 g/mol. The summed E-state index contributed by atoms with van der Waals surface area (Å²) >= 11 is 4.98. The highest BCUT2D eigenvalue weighted by Gasteiger charge is 2.55. The average Bonchev–Trinajstić information content (AvgIpc) is 2.33. The van der Waals surface area contributed by atoms with Crippen molar-refractivity contribution in [2.24, 2.45) is 28.9 Å². The fourth-order valence-corrected chi connectivity index (χ4v) is 5.38. The van der Waals surface area contributed by atoms with E-state index >= 15 is 0 Å². The molecule has 0 saturated heterocycles. The van der Waals surface area contributed by atoms with Crippen LogP contribution in [0, 0.1) is 23.2 Å². The summed E-state index contributed by atoms with van der Waals surface area (Å²) < 4.78 is 0. The van der Waals surface area contributed by atoms with Gasteiger partial charge in [0.1, 0.15) is 0 Å². The van der Waals surface area contributed by atoms with E-state index in [1.807, 2.05) is 11.8 Å². The lowest BCUT2D eigenvalue weighted by atomic mass is 9.49. The Labute approximate surface area is 120 Å². The number of thiocarbonyl (C=S) groups is 1. The monoisotopic (exact) mass is 280 g/mol. The Kier molecular flexibility index (Phi) is 3.32. The summed E-state index contributed by atoms with van der Waals surface area (Å²) in [5, 5.41) is 0. The molecule has 0 unspecified atom stereocenters. The van der Waals surface area contributed by atoms with Crippen molar-refractivity contribution in [1.82, 2.24) is 4.90 Å². The predicted molar refractivity (Wildman–Crippen MR) is 79.6 cm³/mol. The van der Waals surface area contributed by atoms with E-state index in [0.717, 1.165) is 43.6 Å². The molecule has 106 valence electrons. The van der Waals surface area contributed by atoms with Crippen molar-refractivity contribution in [3.63, 3.8) is 0 Å². The second-order valence-electron chi connectivity index (χ2n) is 6.98. The molecule has 4 fully saturated rings. The molecule has 0 aromatic heterocycles. The van der Waals surface area contributed by atoms with Crippen LogP contribution in [0.1, 0.15) is 45.4 Å². The Morgan fingerprint density at radius 3 is 2.05 bits per heavy atom. The maximum Gasteiger partial charge on any atom is 0.229 e. The Morgan fingerprint density at radius 1 is 1.21 bits per heavy atom. The van der Waals surface area contributed by atoms with Gasteiger partial charge in [-0.1, -0.05) is 12.2 Å². The number of carbonyl (C=O) groups excluding carboxylic acids is 1. The maximum absolute atomic E-state index is 13.0. The Hall–Kier alpha value is -0.640. The molecule has 0 radical (unpaired) electrons. The highest BCUT2D eigenvalue weighted by Crippen LogP contribution is 2.60. The second-order valence-corrected chi connectivity index (χ2v) is 7.51. The maximum atomic E-state index is 13.0. The smallest absolute Gasteiger partial charge is 0.229 e. The van der Waals surface area contributed by atoms with Crippen molar-refractivity contribution in [1.29, 1.82) is 0 Å². The van der Waals surface area contributed by atoms with Crippen LogP contribution in [0.2, 0.25) is 0 Å². The van der Waals surface area contributed by atoms with Crippen molar-refractivity contribution in [3.05, 3.63) is 0 Å². The first-order valence-corrected chi connectivity index (χ1v) is 8.01. The minimum absolute atomic E-state index is 0.0600. The summed E-state index contributed by atoms with van der Waals surface area (Å²) in [5.41, 5.74) is 5.58. The van der Waals surface area contributed by atoms with Gasteiger partial charge in [-0.05, 0) is 63.2 Å². The van der Waals surface area contributed by atoms with Gasteiger partial charge in [0.25, 0.3) is 0 Å². The summed E-state index contributed by atoms with van der Waals surface area (Å²) in [6, 6.07) is 0. The number of nitrogens with two attached hydrogens (primary N) is 1. The number of amides is 1. The average molecular weight is 280 g/mol. The lowest BCUT2D eigenvalue weighted by Gasteiger charge is -2.56. The number of rotatable bonds is 4. The molecule has 0 aromatic carbocycles. The summed E-state index contributed by atoms with van der Waals surface area (Å²) in [6.45, 7) is 3.20. The highest BCUT2D eigenvalue weighted by molar-refractivity contribution is 7.80. The van der Waals surface area contributed by atoms with Crippen LogP contribution < -0.4 is 5.73 Å². The minimum atomic E-state index is -0.0600. The molecule has 0 aliphatic heterocycles. The van der Waals surface area contributed by atoms with E-state index in [1.165, 1.54) is 19.3 Å². The van der Waals surface area contributed by atoms with Gasteiger partial charge in [0, 0.05) is 6.54 Å². The second kappa shape index (κ2) is 4.72. The minimum Gasteiger partial charge on any atom is -0.392 e. The van der Waals surface area contributed by atoms with Gasteiger partial charge in [0.15, 0.2) is 0 Å². The Bertz CT molecular complexity index is 372. The van der Waals surface area contributed by atoms with Crippen LogP contribution in [-0.2, 0) is 4.79 Å². The van der Waals surface area contributed by atoms with Crippen molar-refractivity contribution in [2.75, 3.05) is 13.1 Å². The molecule has 4 saturated carbocycles. The van der Waals surface area contributed by atoms with Gasteiger partial charge in [-0.25, -0.2) is 0 Å². The predicted octanol–water partition coefficient (Wildman–Crippen LogP) is 2.34. The molecule has 1 amide bonds. The van der Waals surface area contributed by atoms with Gasteiger partial charge in [-0.2, -0.15) is 0 Å². The Morgan fingerprint density at radius 2 is 1.68 bits per heavy atom. The third kappa shape index (κ3) is 2.28. The van der Waals surface area contributed by atoms with E-state index in [9.17, 15) is 4.79 Å². The van der Waals surface area contributed by atoms with Gasteiger partial charge in [0.05, 0.1) is 16.9 Å². The quantitative estimate of drug-likeness (QED) is 0.804. The molecule has 19 heavy (non-hydrogen) atoms. The molecule has 3 nitrogen and oxygen atoms in total.